The van der Waals surface area contributed by atoms with E-state index in [1.165, 1.54) is 17.9 Å². The van der Waals surface area contributed by atoms with E-state index in [-0.39, 0.29) is 30.0 Å². The largest absolute Gasteiger partial charge is 0.453 e. The molecule has 12 nitrogen and oxygen atoms in total. The highest BCUT2D eigenvalue weighted by Crippen LogP contribution is 2.44. The maximum absolute atomic E-state index is 14.0. The van der Waals surface area contributed by atoms with Crippen molar-refractivity contribution < 1.29 is 19.4 Å². The van der Waals surface area contributed by atoms with Gasteiger partial charge in [0.15, 0.2) is 0 Å². The normalized spacial score (nSPS) is 16.1. The quantitative estimate of drug-likeness (QED) is 0.173. The maximum Gasteiger partial charge on any atom is 0.411 e. The Morgan fingerprint density at radius 1 is 1.14 bits per heavy atom. The van der Waals surface area contributed by atoms with Crippen LogP contribution in [0.2, 0.25) is 5.02 Å². The minimum Gasteiger partial charge on any atom is -0.453 e. The zero-order valence-electron chi connectivity index (χ0n) is 27.1. The van der Waals surface area contributed by atoms with E-state index >= 15 is 0 Å². The number of halogens is 1. The molecule has 0 saturated carbocycles. The number of carbonyl (C=O) groups excluding carboxylic acids is 2. The van der Waals surface area contributed by atoms with Gasteiger partial charge in [-0.15, -0.1) is 16.4 Å². The average Bonchev–Trinajstić information content (AvgIpc) is 3.75. The number of ether oxygens (including phenoxy) is 1. The molecule has 3 N–H and O–H groups in total. The van der Waals surface area contributed by atoms with Crippen LogP contribution in [0.5, 0.6) is 0 Å². The zero-order chi connectivity index (χ0) is 34.8. The Bertz CT molecular complexity index is 2140. The van der Waals surface area contributed by atoms with E-state index in [4.69, 9.17) is 21.3 Å². The molecule has 4 heterocycles. The van der Waals surface area contributed by atoms with Crippen LogP contribution in [-0.4, -0.2) is 48.8 Å². The third-order valence-corrected chi connectivity index (χ3v) is 10.0. The van der Waals surface area contributed by atoms with Crippen molar-refractivity contribution in [2.45, 2.75) is 45.8 Å². The molecule has 3 aromatic heterocycles. The number of aliphatic hydroxyl groups is 1. The van der Waals surface area contributed by atoms with Gasteiger partial charge in [0.25, 0.3) is 5.56 Å². The van der Waals surface area contributed by atoms with Crippen LogP contribution in [0.25, 0.3) is 33.6 Å². The smallest absolute Gasteiger partial charge is 0.411 e. The summed E-state index contributed by atoms with van der Waals surface area (Å²) in [6.07, 6.45) is 4.37. The summed E-state index contributed by atoms with van der Waals surface area (Å²) in [4.78, 5) is 45.9. The number of aromatic nitrogens is 5. The lowest BCUT2D eigenvalue weighted by atomic mass is 9.95. The first-order valence-electron chi connectivity index (χ1n) is 15.6. The lowest BCUT2D eigenvalue weighted by molar-refractivity contribution is -0.119. The third-order valence-electron chi connectivity index (χ3n) is 8.38. The van der Waals surface area contributed by atoms with Crippen molar-refractivity contribution >= 4 is 51.9 Å². The minimum atomic E-state index is -0.623. The summed E-state index contributed by atoms with van der Waals surface area (Å²) in [5.41, 5.74) is 5.13. The second kappa shape index (κ2) is 14.2. The Labute approximate surface area is 291 Å². The van der Waals surface area contributed by atoms with Gasteiger partial charge in [0.1, 0.15) is 5.69 Å². The summed E-state index contributed by atoms with van der Waals surface area (Å²) >= 11 is 7.92. The molecule has 0 saturated heterocycles. The fourth-order valence-corrected chi connectivity index (χ4v) is 7.24. The molecular weight excluding hydrogens is 666 g/mol. The Kier molecular flexibility index (Phi) is 9.77. The fourth-order valence-electron chi connectivity index (χ4n) is 5.84. The number of amides is 2. The molecule has 252 valence electrons. The van der Waals surface area contributed by atoms with Gasteiger partial charge in [-0.3, -0.25) is 19.5 Å². The molecule has 0 unspecified atom stereocenters. The topological polar surface area (TPSA) is 153 Å². The number of aliphatic hydroxyl groups excluding tert-OH is 1. The number of nitrogens with zero attached hydrogens (tertiary/aromatic N) is 5. The van der Waals surface area contributed by atoms with E-state index in [0.29, 0.717) is 58.3 Å². The number of hydrogen-bond acceptors (Lipinski definition) is 9. The van der Waals surface area contributed by atoms with Crippen LogP contribution in [0.1, 0.15) is 54.6 Å². The lowest BCUT2D eigenvalue weighted by Gasteiger charge is -2.21. The van der Waals surface area contributed by atoms with Crippen molar-refractivity contribution in [3.05, 3.63) is 98.5 Å². The molecule has 6 rings (SSSR count). The van der Waals surface area contributed by atoms with Crippen molar-refractivity contribution in [3.63, 3.8) is 0 Å². The van der Waals surface area contributed by atoms with Crippen LogP contribution in [0.3, 0.4) is 0 Å². The van der Waals surface area contributed by atoms with E-state index in [1.54, 1.807) is 58.8 Å². The van der Waals surface area contributed by atoms with Gasteiger partial charge < -0.3 is 15.2 Å². The number of allylic oxidation sites excluding steroid dienone is 1. The number of fused-ring (bicyclic) bond motifs is 4. The number of thiophene rings is 1. The highest BCUT2D eigenvalue weighted by atomic mass is 35.5. The minimum absolute atomic E-state index is 0.153. The molecule has 0 spiro atoms. The first kappa shape index (κ1) is 33.8. The molecule has 49 heavy (non-hydrogen) atoms. The van der Waals surface area contributed by atoms with Crippen molar-refractivity contribution in [1.82, 2.24) is 24.5 Å². The maximum atomic E-state index is 14.0. The third kappa shape index (κ3) is 7.05. The highest BCUT2D eigenvalue weighted by molar-refractivity contribution is 7.13. The highest BCUT2D eigenvalue weighted by Gasteiger charge is 2.26. The van der Waals surface area contributed by atoms with Crippen LogP contribution in [0, 0.1) is 5.92 Å². The summed E-state index contributed by atoms with van der Waals surface area (Å²) in [6, 6.07) is 13.6. The van der Waals surface area contributed by atoms with Crippen molar-refractivity contribution in [2.24, 2.45) is 5.92 Å². The van der Waals surface area contributed by atoms with Crippen LogP contribution < -0.4 is 16.2 Å². The first-order valence-corrected chi connectivity index (χ1v) is 16.8. The van der Waals surface area contributed by atoms with E-state index in [1.807, 2.05) is 26.0 Å². The van der Waals surface area contributed by atoms with Crippen LogP contribution in [0.15, 0.2) is 72.4 Å². The second-order valence-electron chi connectivity index (χ2n) is 11.9. The molecule has 5 aromatic rings. The molecule has 0 fully saturated rings. The average molecular weight is 700 g/mol. The molecule has 1 aliphatic rings. The molecule has 2 amide bonds. The zero-order valence-corrected chi connectivity index (χ0v) is 28.6. The molecule has 0 aliphatic carbocycles. The fraction of sp³-hybridized carbons (Fsp3) is 0.257. The molecule has 0 radical (unpaired) electrons. The number of anilines is 2. The number of methoxy groups -OCH3 is 1. The van der Waals surface area contributed by atoms with Gasteiger partial charge in [-0.1, -0.05) is 42.8 Å². The van der Waals surface area contributed by atoms with Crippen LogP contribution in [0.4, 0.5) is 16.2 Å². The van der Waals surface area contributed by atoms with Gasteiger partial charge in [-0.05, 0) is 61.7 Å². The standard InChI is InChI=1S/C35H34ClN7O5S/c1-19(2)33-25-14-31(49-33)30(7-5-6-20(3)34(46)39-28-13-22(9-10-24(25)28)38-35(47)48-4)42-18-37-27(15-32(42)45)26-12-21(36)8-11-29(26)43-16-23(17-44)40-41-43/h8-16,18,20,30,44H,1,5-7,17H2,2-4H3,(H,38,47)(H,39,46)/t20-,30+/m1/s1. The van der Waals surface area contributed by atoms with Gasteiger partial charge in [0.2, 0.25) is 5.91 Å². The predicted octanol–water partition coefficient (Wildman–Crippen LogP) is 6.92. The van der Waals surface area contributed by atoms with Crippen LogP contribution in [-0.2, 0) is 16.1 Å². The van der Waals surface area contributed by atoms with Gasteiger partial charge in [-0.2, -0.15) is 0 Å². The van der Waals surface area contributed by atoms with Crippen molar-refractivity contribution in [3.8, 4) is 28.1 Å². The van der Waals surface area contributed by atoms with Gasteiger partial charge in [0, 0.05) is 49.1 Å². The van der Waals surface area contributed by atoms with Crippen LogP contribution >= 0.6 is 22.9 Å². The Morgan fingerprint density at radius 2 is 1.96 bits per heavy atom. The number of benzene rings is 2. The number of nitrogens with one attached hydrogen (secondary N) is 2. The van der Waals surface area contributed by atoms with E-state index in [2.05, 4.69) is 27.5 Å². The monoisotopic (exact) mass is 699 g/mol. The van der Waals surface area contributed by atoms with E-state index in [0.717, 1.165) is 26.5 Å². The summed E-state index contributed by atoms with van der Waals surface area (Å²) in [5.74, 6) is -0.472. The Hall–Kier alpha value is -5.11. The van der Waals surface area contributed by atoms with Gasteiger partial charge in [0.05, 0.1) is 49.4 Å². The molecule has 14 heteroatoms. The van der Waals surface area contributed by atoms with E-state index in [9.17, 15) is 19.5 Å². The van der Waals surface area contributed by atoms with E-state index < -0.39 is 6.09 Å². The Balaban J connectivity index is 1.45. The number of rotatable bonds is 6. The number of hydrogen-bond donors (Lipinski definition) is 3. The van der Waals surface area contributed by atoms with Crippen molar-refractivity contribution in [1.29, 1.82) is 0 Å². The van der Waals surface area contributed by atoms with Crippen molar-refractivity contribution in [2.75, 3.05) is 17.7 Å². The molecule has 2 aromatic carbocycles. The molecule has 2 bridgehead atoms. The first-order chi connectivity index (χ1) is 23.6. The predicted molar refractivity (Wildman–Crippen MR) is 190 cm³/mol. The molecular formula is C35H34ClN7O5S. The summed E-state index contributed by atoms with van der Waals surface area (Å²) in [5, 5.41) is 23.8. The Morgan fingerprint density at radius 3 is 2.67 bits per heavy atom. The van der Waals surface area contributed by atoms with Gasteiger partial charge >= 0.3 is 6.09 Å². The summed E-state index contributed by atoms with van der Waals surface area (Å²) < 4.78 is 7.89. The SMILES string of the molecule is C=C(C)c1sc2cc1-c1ccc(NC(=O)OC)cc1NC(=O)[C@H](C)CCC[C@@H]2n1cnc(-c2cc(Cl)ccc2-n2cc(CO)nn2)cc1=O. The summed E-state index contributed by atoms with van der Waals surface area (Å²) in [6.45, 7) is 7.76. The number of carbonyl (C=O) groups is 2. The molecule has 2 atom stereocenters. The lowest BCUT2D eigenvalue weighted by Crippen LogP contribution is -2.26. The van der Waals surface area contributed by atoms with Gasteiger partial charge in [-0.25, -0.2) is 14.5 Å². The second-order valence-corrected chi connectivity index (χ2v) is 13.4. The molecule has 1 aliphatic heterocycles. The summed E-state index contributed by atoms with van der Waals surface area (Å²) in [7, 11) is 1.28.